The van der Waals surface area contributed by atoms with Crippen LogP contribution in [0.2, 0.25) is 0 Å². The highest BCUT2D eigenvalue weighted by Gasteiger charge is 2.40. The minimum Gasteiger partial charge on any atom is -0.497 e. The highest BCUT2D eigenvalue weighted by Crippen LogP contribution is 2.38. The Morgan fingerprint density at radius 2 is 1.45 bits per heavy atom. The number of esters is 1. The minimum absolute atomic E-state index is 0.0558. The molecule has 1 heterocycles. The maximum Gasteiger partial charge on any atom is 0.471 e. The number of carbonyl (C=O) groups is 2. The van der Waals surface area contributed by atoms with Gasteiger partial charge < -0.3 is 38.6 Å². The maximum absolute atomic E-state index is 15.5. The fourth-order valence-electron chi connectivity index (χ4n) is 4.99. The van der Waals surface area contributed by atoms with Crippen LogP contribution in [0.1, 0.15) is 30.5 Å². The van der Waals surface area contributed by atoms with Crippen LogP contribution >= 0.6 is 0 Å². The first-order valence-electron chi connectivity index (χ1n) is 14.7. The van der Waals surface area contributed by atoms with Crippen molar-refractivity contribution in [2.24, 2.45) is 4.99 Å². The van der Waals surface area contributed by atoms with Crippen molar-refractivity contribution in [3.05, 3.63) is 88.9 Å². The molecule has 0 saturated heterocycles. The molecule has 1 N–H and O–H groups in total. The number of anilines is 1. The van der Waals surface area contributed by atoms with Crippen molar-refractivity contribution < 1.29 is 55.6 Å². The molecule has 15 heteroatoms. The first kappa shape index (κ1) is 36.4. The van der Waals surface area contributed by atoms with Crippen LogP contribution in [-0.4, -0.2) is 64.0 Å². The Balaban J connectivity index is 1.87. The van der Waals surface area contributed by atoms with Crippen molar-refractivity contribution in [3.8, 4) is 23.0 Å². The first-order chi connectivity index (χ1) is 23.2. The number of hydrogen-bond acceptors (Lipinski definition) is 10. The summed E-state index contributed by atoms with van der Waals surface area (Å²) < 4.78 is 87.9. The van der Waals surface area contributed by atoms with E-state index in [2.05, 4.69) is 0 Å². The summed E-state index contributed by atoms with van der Waals surface area (Å²) in [5.41, 5.74) is -0.817. The van der Waals surface area contributed by atoms with Gasteiger partial charge in [-0.1, -0.05) is 0 Å². The smallest absolute Gasteiger partial charge is 0.471 e. The van der Waals surface area contributed by atoms with E-state index in [9.17, 15) is 22.8 Å². The molecule has 4 rings (SSSR count). The highest BCUT2D eigenvalue weighted by molar-refractivity contribution is 5.95. The lowest BCUT2D eigenvalue weighted by Gasteiger charge is -2.34. The Hall–Kier alpha value is -5.47. The molecule has 0 bridgehead atoms. The Bertz CT molecular complexity index is 1700. The highest BCUT2D eigenvalue weighted by atomic mass is 19.4. The molecule has 3 aromatic rings. The van der Waals surface area contributed by atoms with Gasteiger partial charge in [0.15, 0.2) is 0 Å². The van der Waals surface area contributed by atoms with E-state index < -0.39 is 29.4 Å². The van der Waals surface area contributed by atoms with Crippen molar-refractivity contribution in [2.75, 3.05) is 40.4 Å². The van der Waals surface area contributed by atoms with E-state index >= 15 is 4.39 Å². The zero-order chi connectivity index (χ0) is 35.9. The van der Waals surface area contributed by atoms with E-state index in [1.807, 2.05) is 0 Å². The summed E-state index contributed by atoms with van der Waals surface area (Å²) in [6, 6.07) is 13.3. The SMILES string of the molecule is COc1ccc(CN(Cc2ccc(OC)cc2OC)C2=N[C@](C)(c3cc(NC(=O)C(F)(F)F)ccc3F)C=C(COC(C)=O)O2)c(OC)c1. The molecule has 0 unspecified atom stereocenters. The standard InChI is InChI=1S/C34H35F4N3O8/c1-20(42)48-19-26-16-33(2,27-13-23(9-12-28(27)35)39-31(43)34(36,37)38)40-32(49-26)41(17-21-7-10-24(44-3)14-29(21)46-5)18-22-8-11-25(45-4)15-30(22)47-6/h7-16H,17-19H2,1-6H3,(H,39,43)/t33-/m0/s1. The lowest BCUT2D eigenvalue weighted by Crippen LogP contribution is -2.38. The number of hydrogen-bond donors (Lipinski definition) is 1. The minimum atomic E-state index is -5.18. The van der Waals surface area contributed by atoms with Gasteiger partial charge in [-0.15, -0.1) is 0 Å². The van der Waals surface area contributed by atoms with Gasteiger partial charge in [-0.3, -0.25) is 9.59 Å². The number of aliphatic imine (C=N–C) groups is 1. The number of alkyl halides is 3. The third kappa shape index (κ3) is 8.91. The summed E-state index contributed by atoms with van der Waals surface area (Å²) in [6.07, 6.45) is -3.79. The number of nitrogens with one attached hydrogen (secondary N) is 1. The average molecular weight is 690 g/mol. The number of rotatable bonds is 12. The van der Waals surface area contributed by atoms with Crippen molar-refractivity contribution >= 4 is 23.6 Å². The van der Waals surface area contributed by atoms with Crippen LogP contribution in [0.3, 0.4) is 0 Å². The van der Waals surface area contributed by atoms with Crippen LogP contribution < -0.4 is 24.3 Å². The van der Waals surface area contributed by atoms with Gasteiger partial charge in [0, 0.05) is 41.4 Å². The van der Waals surface area contributed by atoms with Gasteiger partial charge in [0.2, 0.25) is 0 Å². The van der Waals surface area contributed by atoms with Crippen LogP contribution in [0.5, 0.6) is 23.0 Å². The Kier molecular flexibility index (Phi) is 11.3. The van der Waals surface area contributed by atoms with Crippen molar-refractivity contribution in [1.29, 1.82) is 0 Å². The fraction of sp³-hybridized carbons (Fsp3) is 0.324. The van der Waals surface area contributed by atoms with E-state index in [-0.39, 0.29) is 42.7 Å². The van der Waals surface area contributed by atoms with Crippen molar-refractivity contribution in [1.82, 2.24) is 4.90 Å². The zero-order valence-corrected chi connectivity index (χ0v) is 27.6. The van der Waals surface area contributed by atoms with Crippen LogP contribution in [0.15, 0.2) is 71.4 Å². The van der Waals surface area contributed by atoms with E-state index in [1.54, 1.807) is 46.6 Å². The molecule has 0 aromatic heterocycles. The second-order valence-corrected chi connectivity index (χ2v) is 10.9. The third-order valence-electron chi connectivity index (χ3n) is 7.42. The molecule has 0 saturated carbocycles. The van der Waals surface area contributed by atoms with Crippen LogP contribution in [0.25, 0.3) is 0 Å². The topological polar surface area (TPSA) is 117 Å². The first-order valence-corrected chi connectivity index (χ1v) is 14.7. The molecule has 0 radical (unpaired) electrons. The second-order valence-electron chi connectivity index (χ2n) is 10.9. The number of halogens is 4. The summed E-state index contributed by atoms with van der Waals surface area (Å²) in [7, 11) is 6.02. The van der Waals surface area contributed by atoms with Gasteiger partial charge in [-0.2, -0.15) is 13.2 Å². The molecule has 11 nitrogen and oxygen atoms in total. The van der Waals surface area contributed by atoms with Gasteiger partial charge in [0.25, 0.3) is 6.02 Å². The lowest BCUT2D eigenvalue weighted by atomic mass is 9.90. The third-order valence-corrected chi connectivity index (χ3v) is 7.42. The predicted octanol–water partition coefficient (Wildman–Crippen LogP) is 6.11. The summed E-state index contributed by atoms with van der Waals surface area (Å²) in [5.74, 6) is -1.60. The van der Waals surface area contributed by atoms with Crippen LogP contribution in [0, 0.1) is 5.82 Å². The van der Waals surface area contributed by atoms with Gasteiger partial charge in [0.05, 0.1) is 41.5 Å². The van der Waals surface area contributed by atoms with E-state index in [4.69, 9.17) is 33.4 Å². The lowest BCUT2D eigenvalue weighted by molar-refractivity contribution is -0.167. The van der Waals surface area contributed by atoms with Crippen LogP contribution in [-0.2, 0) is 37.7 Å². The molecule has 0 aliphatic carbocycles. The van der Waals surface area contributed by atoms with E-state index in [0.29, 0.717) is 34.1 Å². The number of amidine groups is 1. The molecule has 49 heavy (non-hydrogen) atoms. The summed E-state index contributed by atoms with van der Waals surface area (Å²) in [5, 5.41) is 1.74. The van der Waals surface area contributed by atoms with Crippen molar-refractivity contribution in [3.63, 3.8) is 0 Å². The molecule has 0 fully saturated rings. The van der Waals surface area contributed by atoms with E-state index in [1.165, 1.54) is 48.4 Å². The van der Waals surface area contributed by atoms with Gasteiger partial charge >= 0.3 is 18.1 Å². The molecule has 3 aromatic carbocycles. The maximum atomic E-state index is 15.5. The van der Waals surface area contributed by atoms with E-state index in [0.717, 1.165) is 18.2 Å². The normalized spacial score (nSPS) is 15.6. The monoisotopic (exact) mass is 689 g/mol. The number of benzene rings is 3. The number of carbonyl (C=O) groups excluding carboxylic acids is 2. The predicted molar refractivity (Wildman–Crippen MR) is 170 cm³/mol. The molecular weight excluding hydrogens is 654 g/mol. The van der Waals surface area contributed by atoms with Crippen LogP contribution in [0.4, 0.5) is 23.2 Å². The number of amides is 1. The van der Waals surface area contributed by atoms with Gasteiger partial charge in [-0.25, -0.2) is 9.38 Å². The largest absolute Gasteiger partial charge is 0.497 e. The van der Waals surface area contributed by atoms with Crippen molar-refractivity contribution in [2.45, 2.75) is 38.7 Å². The Labute approximate surface area is 280 Å². The molecular formula is C34H35F4N3O8. The molecule has 1 amide bonds. The molecule has 0 spiro atoms. The number of methoxy groups -OCH3 is 4. The second kappa shape index (κ2) is 15.2. The molecule has 262 valence electrons. The average Bonchev–Trinajstić information content (AvgIpc) is 3.07. The Morgan fingerprint density at radius 1 is 0.878 bits per heavy atom. The number of ether oxygens (including phenoxy) is 6. The zero-order valence-electron chi connectivity index (χ0n) is 27.6. The molecule has 1 aliphatic heterocycles. The molecule has 1 atom stereocenters. The van der Waals surface area contributed by atoms with Gasteiger partial charge in [-0.05, 0) is 55.5 Å². The Morgan fingerprint density at radius 3 is 1.94 bits per heavy atom. The molecule has 1 aliphatic rings. The summed E-state index contributed by atoms with van der Waals surface area (Å²) in [4.78, 5) is 29.9. The van der Waals surface area contributed by atoms with Gasteiger partial charge in [0.1, 0.15) is 46.7 Å². The quantitative estimate of drug-likeness (QED) is 0.178. The summed E-state index contributed by atoms with van der Waals surface area (Å²) in [6.45, 7) is 2.52. The fourth-order valence-corrected chi connectivity index (χ4v) is 4.99. The number of nitrogens with zero attached hydrogens (tertiary/aromatic N) is 2. The summed E-state index contributed by atoms with van der Waals surface area (Å²) >= 11 is 0.